The van der Waals surface area contributed by atoms with Crippen molar-refractivity contribution >= 4 is 48.7 Å². The van der Waals surface area contributed by atoms with Gasteiger partial charge in [0, 0.05) is 16.5 Å². The van der Waals surface area contributed by atoms with Crippen LogP contribution in [0.5, 0.6) is 0 Å². The third kappa shape index (κ3) is 3.42. The third-order valence-corrected chi connectivity index (χ3v) is 5.98. The number of hydrogen-bond donors (Lipinski definition) is 1. The highest BCUT2D eigenvalue weighted by molar-refractivity contribution is 9.11. The van der Waals surface area contributed by atoms with Crippen LogP contribution < -0.4 is 4.72 Å². The van der Waals surface area contributed by atoms with Gasteiger partial charge in [-0.3, -0.25) is 14.8 Å². The summed E-state index contributed by atoms with van der Waals surface area (Å²) in [5.74, 6) is 0. The molecule has 0 unspecified atom stereocenters. The molecule has 1 N–H and O–H groups in total. The number of hydrogen-bond acceptors (Lipinski definition) is 5. The molecule has 0 aliphatic heterocycles. The van der Waals surface area contributed by atoms with Crippen LogP contribution in [-0.2, 0) is 10.0 Å². The lowest BCUT2D eigenvalue weighted by atomic mass is 10.2. The normalized spacial score (nSPS) is 11.4. The molecule has 1 heterocycles. The van der Waals surface area contributed by atoms with Crippen LogP contribution in [0.2, 0.25) is 0 Å². The summed E-state index contributed by atoms with van der Waals surface area (Å²) < 4.78 is 27.7. The second kappa shape index (κ2) is 5.74. The number of nitro groups is 1. The van der Waals surface area contributed by atoms with E-state index in [-0.39, 0.29) is 16.3 Å². The summed E-state index contributed by atoms with van der Waals surface area (Å²) in [7, 11) is -3.77. The molecule has 0 spiro atoms. The van der Waals surface area contributed by atoms with Crippen molar-refractivity contribution in [2.24, 2.45) is 0 Å². The molecule has 0 amide bonds. The fourth-order valence-electron chi connectivity index (χ4n) is 1.78. The fourth-order valence-corrected chi connectivity index (χ4v) is 5.24. The highest BCUT2D eigenvalue weighted by atomic mass is 79.9. The Balaban J connectivity index is 2.40. The quantitative estimate of drug-likeness (QED) is 0.634. The van der Waals surface area contributed by atoms with E-state index in [1.165, 1.54) is 35.6 Å². The monoisotopic (exact) mass is 390 g/mol. The predicted molar refractivity (Wildman–Crippen MR) is 85.4 cm³/mol. The van der Waals surface area contributed by atoms with Crippen molar-refractivity contribution in [3.05, 3.63) is 48.6 Å². The Kier molecular flexibility index (Phi) is 4.35. The van der Waals surface area contributed by atoms with Crippen molar-refractivity contribution in [2.75, 3.05) is 4.72 Å². The number of anilines is 1. The first-order valence-electron chi connectivity index (χ1n) is 5.74. The molecule has 0 bridgehead atoms. The first-order chi connectivity index (χ1) is 9.70. The number of thiophene rings is 1. The van der Waals surface area contributed by atoms with Crippen molar-refractivity contribution in [3.8, 4) is 0 Å². The molecular weight excluding hydrogens is 380 g/mol. The van der Waals surface area contributed by atoms with Crippen LogP contribution in [0.15, 0.2) is 32.9 Å². The maximum absolute atomic E-state index is 12.3. The van der Waals surface area contributed by atoms with Gasteiger partial charge in [0.2, 0.25) is 0 Å². The SMILES string of the molecule is Cc1ccc(NS(=O)(=O)c2cc(Br)sc2C)cc1[N+](=O)[O-]. The van der Waals surface area contributed by atoms with Crippen molar-refractivity contribution in [1.29, 1.82) is 0 Å². The molecule has 6 nitrogen and oxygen atoms in total. The number of nitro benzene ring substituents is 1. The number of halogens is 1. The molecule has 2 aromatic rings. The Morgan fingerprint density at radius 1 is 1.29 bits per heavy atom. The van der Waals surface area contributed by atoms with Crippen LogP contribution in [0, 0.1) is 24.0 Å². The van der Waals surface area contributed by atoms with E-state index in [0.29, 0.717) is 14.2 Å². The van der Waals surface area contributed by atoms with Gasteiger partial charge >= 0.3 is 0 Å². The lowest BCUT2D eigenvalue weighted by Crippen LogP contribution is -2.13. The van der Waals surface area contributed by atoms with Crippen LogP contribution in [0.4, 0.5) is 11.4 Å². The fraction of sp³-hybridized carbons (Fsp3) is 0.167. The molecular formula is C12H11BrN2O4S2. The van der Waals surface area contributed by atoms with E-state index in [9.17, 15) is 18.5 Å². The van der Waals surface area contributed by atoms with Crippen LogP contribution in [0.3, 0.4) is 0 Å². The molecule has 9 heteroatoms. The molecule has 1 aromatic heterocycles. The Morgan fingerprint density at radius 2 is 1.95 bits per heavy atom. The largest absolute Gasteiger partial charge is 0.279 e. The maximum atomic E-state index is 12.3. The summed E-state index contributed by atoms with van der Waals surface area (Å²) in [6.45, 7) is 3.29. The van der Waals surface area contributed by atoms with Crippen molar-refractivity contribution in [2.45, 2.75) is 18.7 Å². The van der Waals surface area contributed by atoms with E-state index in [1.807, 2.05) is 0 Å². The minimum atomic E-state index is -3.77. The Hall–Kier alpha value is -1.45. The average molecular weight is 391 g/mol. The zero-order valence-electron chi connectivity index (χ0n) is 11.1. The van der Waals surface area contributed by atoms with Gasteiger partial charge in [0.05, 0.1) is 14.4 Å². The highest BCUT2D eigenvalue weighted by Crippen LogP contribution is 2.31. The minimum Gasteiger partial charge on any atom is -0.279 e. The number of nitrogens with one attached hydrogen (secondary N) is 1. The molecule has 112 valence electrons. The molecule has 0 aliphatic carbocycles. The Morgan fingerprint density at radius 3 is 2.48 bits per heavy atom. The van der Waals surface area contributed by atoms with Gasteiger partial charge < -0.3 is 0 Å². The van der Waals surface area contributed by atoms with Gasteiger partial charge in [0.1, 0.15) is 4.90 Å². The molecule has 0 saturated carbocycles. The van der Waals surface area contributed by atoms with Gasteiger partial charge in [-0.2, -0.15) is 0 Å². The van der Waals surface area contributed by atoms with E-state index in [1.54, 1.807) is 13.8 Å². The van der Waals surface area contributed by atoms with Crippen LogP contribution in [0.25, 0.3) is 0 Å². The molecule has 0 saturated heterocycles. The van der Waals surface area contributed by atoms with Gasteiger partial charge in [-0.1, -0.05) is 6.07 Å². The Labute approximate surface area is 134 Å². The van der Waals surface area contributed by atoms with Gasteiger partial charge in [-0.05, 0) is 41.9 Å². The molecule has 0 radical (unpaired) electrons. The summed E-state index contributed by atoms with van der Waals surface area (Å²) in [6.07, 6.45) is 0. The van der Waals surface area contributed by atoms with E-state index in [4.69, 9.17) is 0 Å². The molecule has 0 fully saturated rings. The topological polar surface area (TPSA) is 89.3 Å². The standard InChI is InChI=1S/C12H11BrN2O4S2/c1-7-3-4-9(5-10(7)15(16)17)14-21(18,19)11-6-12(13)20-8(11)2/h3-6,14H,1-2H3. The summed E-state index contributed by atoms with van der Waals surface area (Å²) in [6, 6.07) is 5.72. The number of benzene rings is 1. The van der Waals surface area contributed by atoms with Gasteiger partial charge in [-0.15, -0.1) is 11.3 Å². The van der Waals surface area contributed by atoms with Gasteiger partial charge in [0.25, 0.3) is 15.7 Å². The Bertz CT molecular complexity index is 815. The first kappa shape index (κ1) is 15.9. The zero-order chi connectivity index (χ0) is 15.8. The smallest absolute Gasteiger partial charge is 0.274 e. The molecule has 2 rings (SSSR count). The number of rotatable bonds is 4. The first-order valence-corrected chi connectivity index (χ1v) is 8.84. The van der Waals surface area contributed by atoms with Crippen molar-refractivity contribution in [3.63, 3.8) is 0 Å². The summed E-state index contributed by atoms with van der Waals surface area (Å²) in [5.41, 5.74) is 0.504. The second-order valence-electron chi connectivity index (χ2n) is 4.33. The van der Waals surface area contributed by atoms with Crippen LogP contribution in [0.1, 0.15) is 10.4 Å². The molecule has 0 atom stereocenters. The van der Waals surface area contributed by atoms with E-state index < -0.39 is 14.9 Å². The van der Waals surface area contributed by atoms with Crippen molar-refractivity contribution < 1.29 is 13.3 Å². The molecule has 21 heavy (non-hydrogen) atoms. The number of aryl methyl sites for hydroxylation is 2. The lowest BCUT2D eigenvalue weighted by molar-refractivity contribution is -0.385. The highest BCUT2D eigenvalue weighted by Gasteiger charge is 2.21. The maximum Gasteiger partial charge on any atom is 0.274 e. The number of sulfonamides is 1. The summed E-state index contributed by atoms with van der Waals surface area (Å²) >= 11 is 4.54. The summed E-state index contributed by atoms with van der Waals surface area (Å²) in [4.78, 5) is 11.1. The van der Waals surface area contributed by atoms with E-state index >= 15 is 0 Å². The van der Waals surface area contributed by atoms with Crippen molar-refractivity contribution in [1.82, 2.24) is 0 Å². The van der Waals surface area contributed by atoms with Gasteiger partial charge in [-0.25, -0.2) is 8.42 Å². The van der Waals surface area contributed by atoms with Gasteiger partial charge in [0.15, 0.2) is 0 Å². The second-order valence-corrected chi connectivity index (χ2v) is 8.62. The molecule has 1 aromatic carbocycles. The average Bonchev–Trinajstić information content (AvgIpc) is 2.71. The number of nitrogens with zero attached hydrogens (tertiary/aromatic N) is 1. The summed E-state index contributed by atoms with van der Waals surface area (Å²) in [5, 5.41) is 10.9. The third-order valence-electron chi connectivity index (χ3n) is 2.79. The van der Waals surface area contributed by atoms with E-state index in [0.717, 1.165) is 0 Å². The molecule has 0 aliphatic rings. The minimum absolute atomic E-state index is 0.126. The van der Waals surface area contributed by atoms with Crippen LogP contribution in [-0.4, -0.2) is 13.3 Å². The predicted octanol–water partition coefficient (Wildman–Crippen LogP) is 3.84. The van der Waals surface area contributed by atoms with Crippen LogP contribution >= 0.6 is 27.3 Å². The lowest BCUT2D eigenvalue weighted by Gasteiger charge is -2.08. The van der Waals surface area contributed by atoms with E-state index in [2.05, 4.69) is 20.7 Å². The zero-order valence-corrected chi connectivity index (χ0v) is 14.3.